The first-order chi connectivity index (χ1) is 9.11. The topological polar surface area (TPSA) is 51.0 Å². The van der Waals surface area contributed by atoms with Gasteiger partial charge in [0.2, 0.25) is 11.8 Å². The highest BCUT2D eigenvalue weighted by molar-refractivity contribution is 6.33. The van der Waals surface area contributed by atoms with Crippen molar-refractivity contribution in [3.63, 3.8) is 0 Å². The number of nitrogens with one attached hydrogen (secondary N) is 1. The van der Waals surface area contributed by atoms with Gasteiger partial charge in [0, 0.05) is 0 Å². The van der Waals surface area contributed by atoms with Gasteiger partial charge in [-0.2, -0.15) is 0 Å². The molecule has 0 aliphatic heterocycles. The minimum absolute atomic E-state index is 0.0274. The van der Waals surface area contributed by atoms with E-state index in [1.807, 2.05) is 6.92 Å². The van der Waals surface area contributed by atoms with Gasteiger partial charge in [-0.1, -0.05) is 18.5 Å². The highest BCUT2D eigenvalue weighted by Gasteiger charge is 2.16. The van der Waals surface area contributed by atoms with Gasteiger partial charge in [0.1, 0.15) is 5.82 Å². The summed E-state index contributed by atoms with van der Waals surface area (Å²) in [4.78, 5) is 0. The van der Waals surface area contributed by atoms with Crippen molar-refractivity contribution in [1.29, 1.82) is 0 Å². The van der Waals surface area contributed by atoms with Crippen molar-refractivity contribution in [2.24, 2.45) is 0 Å². The second kappa shape index (κ2) is 6.12. The SMILES string of the molecule is CCCNC(C)c1nnc(-c2ccc(F)cc2Cl)o1. The lowest BCUT2D eigenvalue weighted by atomic mass is 10.2. The van der Waals surface area contributed by atoms with Crippen LogP contribution in [-0.2, 0) is 0 Å². The van der Waals surface area contributed by atoms with Crippen LogP contribution >= 0.6 is 11.6 Å². The average molecular weight is 284 g/mol. The Morgan fingerprint density at radius 3 is 2.89 bits per heavy atom. The van der Waals surface area contributed by atoms with Crippen LogP contribution in [0.5, 0.6) is 0 Å². The first-order valence-corrected chi connectivity index (χ1v) is 6.51. The maximum Gasteiger partial charge on any atom is 0.249 e. The minimum atomic E-state index is -0.397. The molecule has 1 aromatic carbocycles. The molecule has 0 bridgehead atoms. The lowest BCUT2D eigenvalue weighted by Crippen LogP contribution is -2.19. The van der Waals surface area contributed by atoms with E-state index >= 15 is 0 Å². The standard InChI is InChI=1S/C13H15ClFN3O/c1-3-6-16-8(2)12-17-18-13(19-12)10-5-4-9(15)7-11(10)14/h4-5,7-8,16H,3,6H2,1-2H3. The molecule has 1 aromatic heterocycles. The van der Waals surface area contributed by atoms with Crippen molar-refractivity contribution in [2.75, 3.05) is 6.54 Å². The van der Waals surface area contributed by atoms with Gasteiger partial charge in [0.25, 0.3) is 0 Å². The van der Waals surface area contributed by atoms with Crippen LogP contribution in [0.4, 0.5) is 4.39 Å². The average Bonchev–Trinajstić information content (AvgIpc) is 2.85. The Morgan fingerprint density at radius 1 is 1.42 bits per heavy atom. The molecule has 1 atom stereocenters. The number of halogens is 2. The third kappa shape index (κ3) is 3.30. The summed E-state index contributed by atoms with van der Waals surface area (Å²) in [5.41, 5.74) is 0.532. The second-order valence-electron chi connectivity index (χ2n) is 4.25. The van der Waals surface area contributed by atoms with Crippen molar-refractivity contribution in [3.8, 4) is 11.5 Å². The summed E-state index contributed by atoms with van der Waals surface area (Å²) < 4.78 is 18.5. The first-order valence-electron chi connectivity index (χ1n) is 6.14. The largest absolute Gasteiger partial charge is 0.419 e. The summed E-state index contributed by atoms with van der Waals surface area (Å²) in [6, 6.07) is 4.03. The van der Waals surface area contributed by atoms with Crippen LogP contribution in [0.15, 0.2) is 22.6 Å². The van der Waals surface area contributed by atoms with Crippen molar-refractivity contribution >= 4 is 11.6 Å². The molecular weight excluding hydrogens is 269 g/mol. The monoisotopic (exact) mass is 283 g/mol. The summed E-state index contributed by atoms with van der Waals surface area (Å²) in [5.74, 6) is 0.389. The van der Waals surface area contributed by atoms with E-state index in [-0.39, 0.29) is 11.1 Å². The molecule has 0 aliphatic carbocycles. The predicted octanol–water partition coefficient (Wildman–Crippen LogP) is 3.59. The van der Waals surface area contributed by atoms with Crippen LogP contribution < -0.4 is 5.32 Å². The molecular formula is C13H15ClFN3O. The Morgan fingerprint density at radius 2 is 2.21 bits per heavy atom. The molecule has 0 radical (unpaired) electrons. The number of hydrogen-bond acceptors (Lipinski definition) is 4. The van der Waals surface area contributed by atoms with Gasteiger partial charge in [-0.15, -0.1) is 10.2 Å². The molecule has 2 rings (SSSR count). The van der Waals surface area contributed by atoms with Crippen LogP contribution in [0.25, 0.3) is 11.5 Å². The van der Waals surface area contributed by atoms with E-state index in [1.54, 1.807) is 0 Å². The van der Waals surface area contributed by atoms with E-state index in [4.69, 9.17) is 16.0 Å². The van der Waals surface area contributed by atoms with E-state index in [1.165, 1.54) is 18.2 Å². The molecule has 0 saturated carbocycles. The third-order valence-corrected chi connectivity index (χ3v) is 2.99. The second-order valence-corrected chi connectivity index (χ2v) is 4.65. The fourth-order valence-corrected chi connectivity index (χ4v) is 1.88. The number of benzene rings is 1. The first kappa shape index (κ1) is 14.0. The fraction of sp³-hybridized carbons (Fsp3) is 0.385. The zero-order valence-electron chi connectivity index (χ0n) is 10.8. The highest BCUT2D eigenvalue weighted by atomic mass is 35.5. The molecule has 0 amide bonds. The Kier molecular flexibility index (Phi) is 4.50. The quantitative estimate of drug-likeness (QED) is 0.911. The van der Waals surface area contributed by atoms with Gasteiger partial charge in [0.05, 0.1) is 16.6 Å². The van der Waals surface area contributed by atoms with Gasteiger partial charge in [0.15, 0.2) is 0 Å². The third-order valence-electron chi connectivity index (χ3n) is 2.67. The molecule has 0 saturated heterocycles. The van der Waals surface area contributed by atoms with Gasteiger partial charge in [-0.3, -0.25) is 0 Å². The summed E-state index contributed by atoms with van der Waals surface area (Å²) in [5, 5.41) is 11.4. The van der Waals surface area contributed by atoms with Crippen LogP contribution in [0.1, 0.15) is 32.2 Å². The molecule has 1 unspecified atom stereocenters. The van der Waals surface area contributed by atoms with E-state index in [2.05, 4.69) is 22.4 Å². The van der Waals surface area contributed by atoms with Crippen LogP contribution in [0, 0.1) is 5.82 Å². The molecule has 2 aromatic rings. The maximum absolute atomic E-state index is 13.0. The zero-order chi connectivity index (χ0) is 13.8. The van der Waals surface area contributed by atoms with E-state index in [0.29, 0.717) is 17.3 Å². The van der Waals surface area contributed by atoms with E-state index < -0.39 is 5.82 Å². The lowest BCUT2D eigenvalue weighted by molar-refractivity contribution is 0.423. The Balaban J connectivity index is 2.20. The van der Waals surface area contributed by atoms with Gasteiger partial charge in [-0.05, 0) is 38.1 Å². The predicted molar refractivity (Wildman–Crippen MR) is 71.4 cm³/mol. The summed E-state index contributed by atoms with van der Waals surface area (Å²) in [6.45, 7) is 4.90. The van der Waals surface area contributed by atoms with Gasteiger partial charge in [-0.25, -0.2) is 4.39 Å². The molecule has 4 nitrogen and oxygen atoms in total. The van der Waals surface area contributed by atoms with Crippen LogP contribution in [0.3, 0.4) is 0 Å². The zero-order valence-corrected chi connectivity index (χ0v) is 11.5. The maximum atomic E-state index is 13.0. The Labute approximate surface area is 116 Å². The summed E-state index contributed by atoms with van der Waals surface area (Å²) in [6.07, 6.45) is 1.02. The van der Waals surface area contributed by atoms with E-state index in [9.17, 15) is 4.39 Å². The molecule has 1 N–H and O–H groups in total. The smallest absolute Gasteiger partial charge is 0.249 e. The van der Waals surface area contributed by atoms with E-state index in [0.717, 1.165) is 13.0 Å². The number of nitrogens with zero attached hydrogens (tertiary/aromatic N) is 2. The number of rotatable bonds is 5. The lowest BCUT2D eigenvalue weighted by Gasteiger charge is -2.07. The number of hydrogen-bond donors (Lipinski definition) is 1. The Hall–Kier alpha value is -1.46. The van der Waals surface area contributed by atoms with Crippen molar-refractivity contribution < 1.29 is 8.81 Å². The number of aromatic nitrogens is 2. The van der Waals surface area contributed by atoms with Crippen LogP contribution in [0.2, 0.25) is 5.02 Å². The molecule has 1 heterocycles. The highest BCUT2D eigenvalue weighted by Crippen LogP contribution is 2.28. The van der Waals surface area contributed by atoms with Gasteiger partial charge >= 0.3 is 0 Å². The molecule has 19 heavy (non-hydrogen) atoms. The fourth-order valence-electron chi connectivity index (χ4n) is 1.63. The van der Waals surface area contributed by atoms with Crippen molar-refractivity contribution in [1.82, 2.24) is 15.5 Å². The molecule has 0 aliphatic rings. The van der Waals surface area contributed by atoms with Gasteiger partial charge < -0.3 is 9.73 Å². The Bertz CT molecular complexity index is 559. The molecule has 102 valence electrons. The summed E-state index contributed by atoms with van der Waals surface area (Å²) >= 11 is 5.95. The van der Waals surface area contributed by atoms with Crippen molar-refractivity contribution in [2.45, 2.75) is 26.3 Å². The molecule has 0 spiro atoms. The van der Waals surface area contributed by atoms with Crippen molar-refractivity contribution in [3.05, 3.63) is 34.9 Å². The normalized spacial score (nSPS) is 12.6. The molecule has 0 fully saturated rings. The van der Waals surface area contributed by atoms with Crippen LogP contribution in [-0.4, -0.2) is 16.7 Å². The molecule has 6 heteroatoms. The summed E-state index contributed by atoms with van der Waals surface area (Å²) in [7, 11) is 0. The minimum Gasteiger partial charge on any atom is -0.419 e.